The molecule has 0 aromatic carbocycles. The minimum Gasteiger partial charge on any atom is -0.339 e. The summed E-state index contributed by atoms with van der Waals surface area (Å²) in [6.07, 6.45) is 0.571. The first kappa shape index (κ1) is 11.9. The number of carbonyl (C=O) groups excluding carboxylic acids is 1. The van der Waals surface area contributed by atoms with E-state index >= 15 is 0 Å². The monoisotopic (exact) mass is 235 g/mol. The van der Waals surface area contributed by atoms with Crippen molar-refractivity contribution in [3.05, 3.63) is 12.2 Å². The molecule has 1 saturated carbocycles. The molecule has 0 radical (unpaired) electrons. The van der Waals surface area contributed by atoms with E-state index in [0.29, 0.717) is 19.5 Å². The molecule has 1 fully saturated rings. The summed E-state index contributed by atoms with van der Waals surface area (Å²) in [5, 5.41) is 0. The lowest BCUT2D eigenvalue weighted by molar-refractivity contribution is -0.132. The van der Waals surface area contributed by atoms with Crippen LogP contribution in [-0.2, 0) is 4.79 Å². The van der Waals surface area contributed by atoms with E-state index in [0.717, 1.165) is 5.57 Å². The Hall–Kier alpha value is -0.210. The summed E-state index contributed by atoms with van der Waals surface area (Å²) in [6, 6.07) is 0. The lowest BCUT2D eigenvalue weighted by atomic mass is 10.2. The van der Waals surface area contributed by atoms with E-state index in [1.165, 1.54) is 0 Å². The maximum absolute atomic E-state index is 11.8. The molecule has 1 aliphatic rings. The van der Waals surface area contributed by atoms with Gasteiger partial charge in [0.15, 0.2) is 0 Å². The van der Waals surface area contributed by atoms with Gasteiger partial charge in [-0.25, -0.2) is 0 Å². The molecule has 0 bridgehead atoms. The van der Waals surface area contributed by atoms with E-state index in [9.17, 15) is 4.79 Å². The van der Waals surface area contributed by atoms with Crippen LogP contribution in [0.15, 0.2) is 12.2 Å². The fraction of sp³-hybridized carbons (Fsp3) is 0.700. The van der Waals surface area contributed by atoms with Crippen LogP contribution in [-0.4, -0.2) is 28.2 Å². The SMILES string of the molecule is C=C(C)CN(CC)C(=O)C1CC1(Cl)Cl. The van der Waals surface area contributed by atoms with Gasteiger partial charge in [0.2, 0.25) is 5.91 Å². The predicted octanol–water partition coefficient (Wildman–Crippen LogP) is 2.60. The van der Waals surface area contributed by atoms with Crippen LogP contribution in [0.2, 0.25) is 0 Å². The predicted molar refractivity (Wildman–Crippen MR) is 59.6 cm³/mol. The summed E-state index contributed by atoms with van der Waals surface area (Å²) in [5.74, 6) is -0.175. The second-order valence-electron chi connectivity index (χ2n) is 3.83. The number of rotatable bonds is 4. The van der Waals surface area contributed by atoms with Gasteiger partial charge < -0.3 is 4.90 Å². The minimum atomic E-state index is -0.820. The fourth-order valence-electron chi connectivity index (χ4n) is 1.37. The lowest BCUT2D eigenvalue weighted by Crippen LogP contribution is -2.34. The van der Waals surface area contributed by atoms with E-state index in [1.807, 2.05) is 13.8 Å². The van der Waals surface area contributed by atoms with Gasteiger partial charge in [0.1, 0.15) is 4.33 Å². The first-order valence-electron chi connectivity index (χ1n) is 4.69. The van der Waals surface area contributed by atoms with Crippen molar-refractivity contribution in [3.63, 3.8) is 0 Å². The van der Waals surface area contributed by atoms with Crippen LogP contribution in [0.25, 0.3) is 0 Å². The van der Waals surface area contributed by atoms with Gasteiger partial charge in [-0.2, -0.15) is 0 Å². The quantitative estimate of drug-likeness (QED) is 0.542. The van der Waals surface area contributed by atoms with Crippen LogP contribution < -0.4 is 0 Å². The van der Waals surface area contributed by atoms with Crippen molar-refractivity contribution in [3.8, 4) is 0 Å². The molecular formula is C10H15Cl2NO. The highest BCUT2D eigenvalue weighted by Crippen LogP contribution is 2.53. The minimum absolute atomic E-state index is 0.0421. The van der Waals surface area contributed by atoms with Crippen LogP contribution in [0.4, 0.5) is 0 Å². The molecule has 14 heavy (non-hydrogen) atoms. The molecule has 2 nitrogen and oxygen atoms in total. The number of carbonyl (C=O) groups is 1. The van der Waals surface area contributed by atoms with Gasteiger partial charge >= 0.3 is 0 Å². The Kier molecular flexibility index (Phi) is 3.49. The summed E-state index contributed by atoms with van der Waals surface area (Å²) in [5.41, 5.74) is 0.968. The number of hydrogen-bond donors (Lipinski definition) is 0. The molecular weight excluding hydrogens is 221 g/mol. The molecule has 1 rings (SSSR count). The van der Waals surface area contributed by atoms with E-state index < -0.39 is 4.33 Å². The van der Waals surface area contributed by atoms with Crippen LogP contribution in [0.1, 0.15) is 20.3 Å². The van der Waals surface area contributed by atoms with Crippen molar-refractivity contribution < 1.29 is 4.79 Å². The second kappa shape index (κ2) is 4.11. The number of hydrogen-bond acceptors (Lipinski definition) is 1. The zero-order valence-corrected chi connectivity index (χ0v) is 10.0. The van der Waals surface area contributed by atoms with Crippen LogP contribution >= 0.6 is 23.2 Å². The van der Waals surface area contributed by atoms with Crippen molar-refractivity contribution >= 4 is 29.1 Å². The van der Waals surface area contributed by atoms with Gasteiger partial charge in [-0.3, -0.25) is 4.79 Å². The molecule has 4 heteroatoms. The van der Waals surface area contributed by atoms with Gasteiger partial charge in [-0.15, -0.1) is 23.2 Å². The van der Waals surface area contributed by atoms with Gasteiger partial charge in [-0.05, 0) is 20.3 Å². The Bertz CT molecular complexity index is 263. The standard InChI is InChI=1S/C10H15Cl2NO/c1-4-13(6-7(2)3)9(14)8-5-10(8,11)12/h8H,2,4-6H2,1,3H3. The molecule has 0 saturated heterocycles. The summed E-state index contributed by atoms with van der Waals surface area (Å²) in [7, 11) is 0. The molecule has 0 aliphatic heterocycles. The van der Waals surface area contributed by atoms with E-state index in [2.05, 4.69) is 6.58 Å². The summed E-state index contributed by atoms with van der Waals surface area (Å²) in [4.78, 5) is 13.5. The maximum atomic E-state index is 11.8. The first-order chi connectivity index (χ1) is 6.38. The van der Waals surface area contributed by atoms with Crippen molar-refractivity contribution in [2.45, 2.75) is 24.6 Å². The number of halogens is 2. The topological polar surface area (TPSA) is 20.3 Å². The molecule has 0 aromatic rings. The van der Waals surface area contributed by atoms with Gasteiger partial charge in [0.25, 0.3) is 0 Å². The van der Waals surface area contributed by atoms with Crippen LogP contribution in [0.3, 0.4) is 0 Å². The molecule has 1 amide bonds. The van der Waals surface area contributed by atoms with E-state index in [4.69, 9.17) is 23.2 Å². The lowest BCUT2D eigenvalue weighted by Gasteiger charge is -2.21. The Labute approximate surface area is 94.9 Å². The molecule has 80 valence electrons. The normalized spacial score (nSPS) is 23.0. The van der Waals surface area contributed by atoms with E-state index in [1.54, 1.807) is 4.90 Å². The average Bonchev–Trinajstić information content (AvgIpc) is 2.69. The number of likely N-dealkylation sites (N-methyl/N-ethyl adjacent to an activating group) is 1. The maximum Gasteiger partial charge on any atom is 0.229 e. The number of amides is 1. The number of nitrogens with zero attached hydrogens (tertiary/aromatic N) is 1. The molecule has 1 aliphatic carbocycles. The van der Waals surface area contributed by atoms with Crippen LogP contribution in [0.5, 0.6) is 0 Å². The molecule has 0 heterocycles. The third-order valence-corrected chi connectivity index (χ3v) is 3.11. The smallest absolute Gasteiger partial charge is 0.229 e. The molecule has 0 aromatic heterocycles. The highest BCUT2D eigenvalue weighted by atomic mass is 35.5. The Balaban J connectivity index is 2.54. The van der Waals surface area contributed by atoms with Crippen molar-refractivity contribution in [1.82, 2.24) is 4.90 Å². The Morgan fingerprint density at radius 3 is 2.43 bits per heavy atom. The summed E-state index contributed by atoms with van der Waals surface area (Å²) in [6.45, 7) is 8.89. The van der Waals surface area contributed by atoms with Gasteiger partial charge in [0, 0.05) is 13.1 Å². The molecule has 0 spiro atoms. The fourth-order valence-corrected chi connectivity index (χ4v) is 1.87. The summed E-state index contributed by atoms with van der Waals surface area (Å²) < 4.78 is -0.820. The molecule has 1 unspecified atom stereocenters. The third kappa shape index (κ3) is 2.64. The Morgan fingerprint density at radius 1 is 1.64 bits per heavy atom. The second-order valence-corrected chi connectivity index (χ2v) is 5.37. The molecule has 0 N–H and O–H groups in total. The average molecular weight is 236 g/mol. The van der Waals surface area contributed by atoms with Crippen LogP contribution in [0, 0.1) is 5.92 Å². The van der Waals surface area contributed by atoms with Crippen molar-refractivity contribution in [2.75, 3.05) is 13.1 Å². The van der Waals surface area contributed by atoms with E-state index in [-0.39, 0.29) is 11.8 Å². The Morgan fingerprint density at radius 2 is 2.14 bits per heavy atom. The molecule has 1 atom stereocenters. The first-order valence-corrected chi connectivity index (χ1v) is 5.45. The zero-order chi connectivity index (χ0) is 10.9. The highest BCUT2D eigenvalue weighted by Gasteiger charge is 2.57. The third-order valence-electron chi connectivity index (χ3n) is 2.28. The number of alkyl halides is 2. The van der Waals surface area contributed by atoms with Crippen molar-refractivity contribution in [1.29, 1.82) is 0 Å². The van der Waals surface area contributed by atoms with Gasteiger partial charge in [0.05, 0.1) is 5.92 Å². The summed E-state index contributed by atoms with van der Waals surface area (Å²) >= 11 is 11.7. The highest BCUT2D eigenvalue weighted by molar-refractivity contribution is 6.52. The van der Waals surface area contributed by atoms with Crippen molar-refractivity contribution in [2.24, 2.45) is 5.92 Å². The zero-order valence-electron chi connectivity index (χ0n) is 8.52. The largest absolute Gasteiger partial charge is 0.339 e. The van der Waals surface area contributed by atoms with Gasteiger partial charge in [-0.1, -0.05) is 12.2 Å².